The van der Waals surface area contributed by atoms with Crippen molar-refractivity contribution in [2.45, 2.75) is 84.7 Å². The van der Waals surface area contributed by atoms with E-state index in [1.165, 1.54) is 32.6 Å². The van der Waals surface area contributed by atoms with Gasteiger partial charge in [0.25, 0.3) is 0 Å². The van der Waals surface area contributed by atoms with Gasteiger partial charge < -0.3 is 4.74 Å². The van der Waals surface area contributed by atoms with Crippen molar-refractivity contribution < 1.29 is 14.3 Å². The lowest BCUT2D eigenvalue weighted by Crippen LogP contribution is -2.56. The first-order valence-corrected chi connectivity index (χ1v) is 10.1. The fraction of sp³-hybridized carbons (Fsp3) is 0.905. The molecule has 4 rings (SSSR count). The largest absolute Gasteiger partial charge is 0.462 e. The topological polar surface area (TPSA) is 43.4 Å². The zero-order chi connectivity index (χ0) is 17.1. The molecule has 0 saturated heterocycles. The van der Waals surface area contributed by atoms with E-state index in [1.807, 2.05) is 0 Å². The number of ether oxygens (including phenoxy) is 1. The molecule has 0 amide bonds. The minimum Gasteiger partial charge on any atom is -0.462 e. The van der Waals surface area contributed by atoms with Crippen LogP contribution >= 0.6 is 0 Å². The molecule has 0 spiro atoms. The van der Waals surface area contributed by atoms with E-state index in [4.69, 9.17) is 4.74 Å². The summed E-state index contributed by atoms with van der Waals surface area (Å²) in [4.78, 5) is 24.5. The van der Waals surface area contributed by atoms with Gasteiger partial charge in [-0.2, -0.15) is 0 Å². The SMILES string of the molecule is CC(=O)OC1CC[C@H]2[C@@H]3CC(=O)C4CCCC[C@]4(C)[C@@H]3CC[C@]12C. The number of carbonyl (C=O) groups is 2. The molecule has 0 heterocycles. The summed E-state index contributed by atoms with van der Waals surface area (Å²) in [5.41, 5.74) is 0.323. The van der Waals surface area contributed by atoms with Gasteiger partial charge in [0.05, 0.1) is 0 Å². The molecule has 24 heavy (non-hydrogen) atoms. The van der Waals surface area contributed by atoms with Crippen LogP contribution in [0.15, 0.2) is 0 Å². The average Bonchev–Trinajstić information content (AvgIpc) is 2.84. The summed E-state index contributed by atoms with van der Waals surface area (Å²) in [5, 5.41) is 0. The van der Waals surface area contributed by atoms with Crippen molar-refractivity contribution in [2.75, 3.05) is 0 Å². The molecule has 4 fully saturated rings. The van der Waals surface area contributed by atoms with E-state index in [0.717, 1.165) is 32.1 Å². The highest BCUT2D eigenvalue weighted by Gasteiger charge is 2.62. The van der Waals surface area contributed by atoms with Gasteiger partial charge in [-0.25, -0.2) is 0 Å². The smallest absolute Gasteiger partial charge is 0.302 e. The predicted octanol–water partition coefficient (Wildman–Crippen LogP) is 4.53. The van der Waals surface area contributed by atoms with Gasteiger partial charge in [0.1, 0.15) is 11.9 Å². The average molecular weight is 332 g/mol. The molecule has 134 valence electrons. The van der Waals surface area contributed by atoms with Crippen molar-refractivity contribution >= 4 is 11.8 Å². The van der Waals surface area contributed by atoms with E-state index in [1.54, 1.807) is 0 Å². The number of fused-ring (bicyclic) bond motifs is 5. The molecule has 4 saturated carbocycles. The Labute approximate surface area is 145 Å². The summed E-state index contributed by atoms with van der Waals surface area (Å²) >= 11 is 0. The predicted molar refractivity (Wildman–Crippen MR) is 92.3 cm³/mol. The van der Waals surface area contributed by atoms with Crippen LogP contribution in [0.1, 0.15) is 78.6 Å². The van der Waals surface area contributed by atoms with E-state index in [9.17, 15) is 9.59 Å². The quantitative estimate of drug-likeness (QED) is 0.663. The van der Waals surface area contributed by atoms with E-state index in [-0.39, 0.29) is 22.9 Å². The van der Waals surface area contributed by atoms with Crippen molar-refractivity contribution in [3.63, 3.8) is 0 Å². The van der Waals surface area contributed by atoms with Crippen LogP contribution in [-0.2, 0) is 14.3 Å². The van der Waals surface area contributed by atoms with Crippen molar-refractivity contribution in [1.82, 2.24) is 0 Å². The Kier molecular flexibility index (Phi) is 3.85. The van der Waals surface area contributed by atoms with E-state index in [2.05, 4.69) is 13.8 Å². The molecule has 0 N–H and O–H groups in total. The van der Waals surface area contributed by atoms with Crippen LogP contribution < -0.4 is 0 Å². The lowest BCUT2D eigenvalue weighted by atomic mass is 9.45. The molecule has 0 bridgehead atoms. The lowest BCUT2D eigenvalue weighted by molar-refractivity contribution is -0.166. The first-order valence-electron chi connectivity index (χ1n) is 10.1. The Bertz CT molecular complexity index is 555. The molecule has 2 unspecified atom stereocenters. The zero-order valence-corrected chi connectivity index (χ0v) is 15.5. The zero-order valence-electron chi connectivity index (χ0n) is 15.5. The molecule has 4 aliphatic carbocycles. The van der Waals surface area contributed by atoms with E-state index in [0.29, 0.717) is 29.5 Å². The van der Waals surface area contributed by atoms with Crippen LogP contribution in [-0.4, -0.2) is 17.9 Å². The van der Waals surface area contributed by atoms with Gasteiger partial charge in [-0.15, -0.1) is 0 Å². The molecule has 7 atom stereocenters. The molecule has 0 aliphatic heterocycles. The van der Waals surface area contributed by atoms with Crippen molar-refractivity contribution in [3.05, 3.63) is 0 Å². The summed E-state index contributed by atoms with van der Waals surface area (Å²) in [6, 6.07) is 0. The number of carbonyl (C=O) groups excluding carboxylic acids is 2. The third kappa shape index (κ3) is 2.22. The van der Waals surface area contributed by atoms with Gasteiger partial charge in [-0.05, 0) is 61.7 Å². The standard InChI is InChI=1S/C21H32O3/c1-13(22)24-19-8-7-15-14-12-18(23)17-6-4-5-10-20(17,2)16(14)9-11-21(15,19)3/h14-17,19H,4-12H2,1-3H3/t14-,15-,16+,17?,19?,20+,21-/m0/s1. The van der Waals surface area contributed by atoms with Gasteiger partial charge in [0, 0.05) is 24.7 Å². The second-order valence-electron chi connectivity index (χ2n) is 9.57. The monoisotopic (exact) mass is 332 g/mol. The first kappa shape index (κ1) is 16.6. The van der Waals surface area contributed by atoms with Crippen LogP contribution in [0.25, 0.3) is 0 Å². The lowest BCUT2D eigenvalue weighted by Gasteiger charge is -2.59. The van der Waals surface area contributed by atoms with E-state index < -0.39 is 0 Å². The molecule has 3 heteroatoms. The Morgan fingerprint density at radius 3 is 2.50 bits per heavy atom. The summed E-state index contributed by atoms with van der Waals surface area (Å²) < 4.78 is 5.70. The van der Waals surface area contributed by atoms with Crippen molar-refractivity contribution in [1.29, 1.82) is 0 Å². The number of esters is 1. The maximum atomic E-state index is 13.0. The highest BCUT2D eigenvalue weighted by Crippen LogP contribution is 2.65. The second-order valence-corrected chi connectivity index (χ2v) is 9.57. The van der Waals surface area contributed by atoms with Crippen molar-refractivity contribution in [3.8, 4) is 0 Å². The van der Waals surface area contributed by atoms with Gasteiger partial charge in [-0.1, -0.05) is 26.7 Å². The van der Waals surface area contributed by atoms with Gasteiger partial charge in [0.2, 0.25) is 0 Å². The van der Waals surface area contributed by atoms with Gasteiger partial charge in [-0.3, -0.25) is 9.59 Å². The van der Waals surface area contributed by atoms with Crippen LogP contribution in [0.3, 0.4) is 0 Å². The summed E-state index contributed by atoms with van der Waals surface area (Å²) in [7, 11) is 0. The fourth-order valence-corrected chi connectivity index (χ4v) is 7.44. The first-order chi connectivity index (χ1) is 11.4. The van der Waals surface area contributed by atoms with Crippen LogP contribution in [0, 0.1) is 34.5 Å². The number of rotatable bonds is 1. The molecule has 4 aliphatic rings. The summed E-state index contributed by atoms with van der Waals surface area (Å²) in [6.45, 7) is 6.28. The Morgan fingerprint density at radius 1 is 1.00 bits per heavy atom. The summed E-state index contributed by atoms with van der Waals surface area (Å²) in [6.07, 6.45) is 10.2. The number of ketones is 1. The number of hydrogen-bond donors (Lipinski definition) is 0. The fourth-order valence-electron chi connectivity index (χ4n) is 7.44. The minimum atomic E-state index is -0.150. The molecule has 3 nitrogen and oxygen atoms in total. The van der Waals surface area contributed by atoms with Crippen LogP contribution in [0.5, 0.6) is 0 Å². The Morgan fingerprint density at radius 2 is 1.75 bits per heavy atom. The molecule has 0 aromatic rings. The van der Waals surface area contributed by atoms with Crippen LogP contribution in [0.2, 0.25) is 0 Å². The molecule has 0 aromatic heterocycles. The molecule has 0 radical (unpaired) electrons. The normalized spacial score (nSPS) is 50.6. The number of Topliss-reactive ketones (excluding diaryl/α,β-unsaturated/α-hetero) is 1. The maximum Gasteiger partial charge on any atom is 0.302 e. The third-order valence-electron chi connectivity index (χ3n) is 8.59. The Hall–Kier alpha value is -0.860. The Balaban J connectivity index is 1.63. The molecular formula is C21H32O3. The van der Waals surface area contributed by atoms with Crippen molar-refractivity contribution in [2.24, 2.45) is 34.5 Å². The molecule has 0 aromatic carbocycles. The summed E-state index contributed by atoms with van der Waals surface area (Å²) in [5.74, 6) is 2.50. The highest BCUT2D eigenvalue weighted by molar-refractivity contribution is 5.83. The van der Waals surface area contributed by atoms with Gasteiger partial charge >= 0.3 is 5.97 Å². The van der Waals surface area contributed by atoms with E-state index >= 15 is 0 Å². The maximum absolute atomic E-state index is 13.0. The second kappa shape index (κ2) is 5.57. The van der Waals surface area contributed by atoms with Crippen LogP contribution in [0.4, 0.5) is 0 Å². The third-order valence-corrected chi connectivity index (χ3v) is 8.59. The molecular weight excluding hydrogens is 300 g/mol. The number of hydrogen-bond acceptors (Lipinski definition) is 3. The minimum absolute atomic E-state index is 0.0629. The van der Waals surface area contributed by atoms with Gasteiger partial charge in [0.15, 0.2) is 0 Å². The highest BCUT2D eigenvalue weighted by atomic mass is 16.5.